The lowest BCUT2D eigenvalue weighted by Crippen LogP contribution is -2.35. The lowest BCUT2D eigenvalue weighted by atomic mass is 10.2. The van der Waals surface area contributed by atoms with Crippen molar-refractivity contribution in [1.82, 2.24) is 4.72 Å². The highest BCUT2D eigenvalue weighted by molar-refractivity contribution is 7.87. The first kappa shape index (κ1) is 19.0. The number of carbonyl (C=O) groups is 1. The quantitative estimate of drug-likeness (QED) is 0.832. The van der Waals surface area contributed by atoms with Crippen LogP contribution < -0.4 is 14.6 Å². The number of amides is 1. The normalized spacial score (nSPS) is 11.9. The Kier molecular flexibility index (Phi) is 5.26. The van der Waals surface area contributed by atoms with E-state index in [0.717, 1.165) is 12.1 Å². The summed E-state index contributed by atoms with van der Waals surface area (Å²) < 4.78 is 66.8. The Labute approximate surface area is 145 Å². The Morgan fingerprint density at radius 1 is 1.08 bits per heavy atom. The maximum Gasteiger partial charge on any atom is 0.417 e. The van der Waals surface area contributed by atoms with E-state index in [1.807, 2.05) is 0 Å². The first-order chi connectivity index (χ1) is 11.5. The third-order valence-corrected chi connectivity index (χ3v) is 3.63. The standard InChI is InChI=1S/C14H10ClF3N2O4S/c15-12-6-5-10(7-11(12)14(16,17)18)24-9-3-1-8(2-4-9)13(21)20-25(19,22)23/h1-7H,(H,20,21)(H2,19,22,23). The number of hydrogen-bond acceptors (Lipinski definition) is 4. The number of benzene rings is 2. The summed E-state index contributed by atoms with van der Waals surface area (Å²) in [5.41, 5.74) is -1.08. The van der Waals surface area contributed by atoms with Crippen molar-refractivity contribution < 1.29 is 31.1 Å². The molecule has 0 radical (unpaired) electrons. The molecule has 0 unspecified atom stereocenters. The molecule has 0 saturated carbocycles. The smallest absolute Gasteiger partial charge is 0.417 e. The molecule has 1 amide bonds. The van der Waals surface area contributed by atoms with Crippen LogP contribution in [0, 0.1) is 0 Å². The van der Waals surface area contributed by atoms with Crippen LogP contribution in [0.25, 0.3) is 0 Å². The van der Waals surface area contributed by atoms with Crippen molar-refractivity contribution >= 4 is 27.7 Å². The Morgan fingerprint density at radius 2 is 1.64 bits per heavy atom. The third-order valence-electron chi connectivity index (χ3n) is 2.83. The molecule has 0 fully saturated rings. The van der Waals surface area contributed by atoms with Crippen molar-refractivity contribution in [2.24, 2.45) is 5.14 Å². The number of carbonyl (C=O) groups excluding carboxylic acids is 1. The van der Waals surface area contributed by atoms with Crippen LogP contribution >= 0.6 is 11.6 Å². The van der Waals surface area contributed by atoms with Crippen molar-refractivity contribution in [1.29, 1.82) is 0 Å². The Bertz CT molecular complexity index is 899. The van der Waals surface area contributed by atoms with Crippen LogP contribution in [-0.4, -0.2) is 14.3 Å². The average Bonchev–Trinajstić information content (AvgIpc) is 2.47. The molecule has 0 aromatic heterocycles. The van der Waals surface area contributed by atoms with Gasteiger partial charge in [0.2, 0.25) is 0 Å². The highest BCUT2D eigenvalue weighted by atomic mass is 35.5. The molecule has 3 N–H and O–H groups in total. The van der Waals surface area contributed by atoms with Crippen molar-refractivity contribution in [2.45, 2.75) is 6.18 Å². The molecule has 25 heavy (non-hydrogen) atoms. The van der Waals surface area contributed by atoms with Gasteiger partial charge in [-0.2, -0.15) is 21.6 Å². The number of rotatable bonds is 4. The number of alkyl halides is 3. The van der Waals surface area contributed by atoms with E-state index >= 15 is 0 Å². The average molecular weight is 395 g/mol. The fraction of sp³-hybridized carbons (Fsp3) is 0.0714. The van der Waals surface area contributed by atoms with Crippen LogP contribution in [0.5, 0.6) is 11.5 Å². The van der Waals surface area contributed by atoms with Gasteiger partial charge in [-0.05, 0) is 42.5 Å². The Balaban J connectivity index is 2.18. The van der Waals surface area contributed by atoms with Gasteiger partial charge >= 0.3 is 6.18 Å². The minimum absolute atomic E-state index is 0.0338. The fourth-order valence-corrected chi connectivity index (χ4v) is 2.38. The van der Waals surface area contributed by atoms with E-state index in [9.17, 15) is 26.4 Å². The number of ether oxygens (including phenoxy) is 1. The molecule has 0 heterocycles. The van der Waals surface area contributed by atoms with E-state index < -0.39 is 32.9 Å². The summed E-state index contributed by atoms with van der Waals surface area (Å²) in [6.07, 6.45) is -4.63. The zero-order valence-electron chi connectivity index (χ0n) is 12.2. The molecule has 2 aromatic rings. The summed E-state index contributed by atoms with van der Waals surface area (Å²) in [4.78, 5) is 11.6. The molecule has 0 saturated heterocycles. The monoisotopic (exact) mass is 394 g/mol. The van der Waals surface area contributed by atoms with Gasteiger partial charge in [0.25, 0.3) is 16.1 Å². The first-order valence-electron chi connectivity index (χ1n) is 6.45. The molecule has 0 atom stereocenters. The summed E-state index contributed by atoms with van der Waals surface area (Å²) in [7, 11) is -4.20. The zero-order chi connectivity index (χ0) is 18.8. The fourth-order valence-electron chi connectivity index (χ4n) is 1.78. The first-order valence-corrected chi connectivity index (χ1v) is 8.38. The summed E-state index contributed by atoms with van der Waals surface area (Å²) in [5.74, 6) is -0.944. The topological polar surface area (TPSA) is 98.5 Å². The maximum absolute atomic E-state index is 12.8. The highest BCUT2D eigenvalue weighted by Crippen LogP contribution is 2.37. The molecule has 0 aliphatic carbocycles. The Morgan fingerprint density at radius 3 is 2.16 bits per heavy atom. The maximum atomic E-state index is 12.8. The molecule has 2 rings (SSSR count). The second kappa shape index (κ2) is 6.90. The van der Waals surface area contributed by atoms with Gasteiger partial charge in [0.15, 0.2) is 0 Å². The van der Waals surface area contributed by atoms with E-state index in [0.29, 0.717) is 0 Å². The molecular weight excluding hydrogens is 385 g/mol. The highest BCUT2D eigenvalue weighted by Gasteiger charge is 2.33. The van der Waals surface area contributed by atoms with Crippen LogP contribution in [0.1, 0.15) is 15.9 Å². The van der Waals surface area contributed by atoms with Gasteiger partial charge in [-0.25, -0.2) is 9.86 Å². The summed E-state index contributed by atoms with van der Waals surface area (Å²) in [6, 6.07) is 8.03. The van der Waals surface area contributed by atoms with E-state index in [4.69, 9.17) is 16.3 Å². The second-order valence-corrected chi connectivity index (χ2v) is 6.44. The lowest BCUT2D eigenvalue weighted by Gasteiger charge is -2.12. The number of halogens is 4. The van der Waals surface area contributed by atoms with E-state index in [2.05, 4.69) is 5.14 Å². The number of nitrogens with one attached hydrogen (secondary N) is 1. The van der Waals surface area contributed by atoms with Gasteiger partial charge in [-0.15, -0.1) is 0 Å². The number of nitrogens with two attached hydrogens (primary N) is 1. The van der Waals surface area contributed by atoms with Crippen LogP contribution in [0.15, 0.2) is 42.5 Å². The number of hydrogen-bond donors (Lipinski definition) is 2. The van der Waals surface area contributed by atoms with Crippen LogP contribution in [0.2, 0.25) is 5.02 Å². The predicted octanol–water partition coefficient (Wildman–Crippen LogP) is 3.08. The SMILES string of the molecule is NS(=O)(=O)NC(=O)c1ccc(Oc2ccc(Cl)c(C(F)(F)F)c2)cc1. The molecule has 0 aliphatic heterocycles. The molecule has 0 bridgehead atoms. The van der Waals surface area contributed by atoms with Gasteiger partial charge in [0, 0.05) is 5.56 Å². The van der Waals surface area contributed by atoms with Crippen LogP contribution in [0.3, 0.4) is 0 Å². The largest absolute Gasteiger partial charge is 0.457 e. The predicted molar refractivity (Wildman–Crippen MR) is 83.5 cm³/mol. The molecule has 0 aliphatic rings. The summed E-state index contributed by atoms with van der Waals surface area (Å²) in [6.45, 7) is 0. The summed E-state index contributed by atoms with van der Waals surface area (Å²) in [5, 5.41) is 4.22. The molecular formula is C14H10ClF3N2O4S. The van der Waals surface area contributed by atoms with Gasteiger partial charge in [-0.3, -0.25) is 4.79 Å². The van der Waals surface area contributed by atoms with Gasteiger partial charge in [0.1, 0.15) is 11.5 Å². The minimum Gasteiger partial charge on any atom is -0.457 e. The lowest BCUT2D eigenvalue weighted by molar-refractivity contribution is -0.137. The van der Waals surface area contributed by atoms with Gasteiger partial charge in [0.05, 0.1) is 10.6 Å². The zero-order valence-corrected chi connectivity index (χ0v) is 13.7. The van der Waals surface area contributed by atoms with Crippen molar-refractivity contribution in [3.63, 3.8) is 0 Å². The molecule has 0 spiro atoms. The van der Waals surface area contributed by atoms with Crippen LogP contribution in [-0.2, 0) is 16.4 Å². The minimum atomic E-state index is -4.63. The van der Waals surface area contributed by atoms with E-state index in [-0.39, 0.29) is 17.1 Å². The van der Waals surface area contributed by atoms with Crippen LogP contribution in [0.4, 0.5) is 13.2 Å². The van der Waals surface area contributed by atoms with Crippen molar-refractivity contribution in [3.05, 3.63) is 58.6 Å². The molecule has 11 heteroatoms. The van der Waals surface area contributed by atoms with Crippen molar-refractivity contribution in [3.8, 4) is 11.5 Å². The van der Waals surface area contributed by atoms with Gasteiger partial charge < -0.3 is 4.74 Å². The molecule has 2 aromatic carbocycles. The van der Waals surface area contributed by atoms with E-state index in [1.54, 1.807) is 4.72 Å². The van der Waals surface area contributed by atoms with Gasteiger partial charge in [-0.1, -0.05) is 11.6 Å². The third kappa shape index (κ3) is 5.34. The molecule has 134 valence electrons. The van der Waals surface area contributed by atoms with Crippen molar-refractivity contribution in [2.75, 3.05) is 0 Å². The molecule has 6 nitrogen and oxygen atoms in total. The Hall–Kier alpha value is -2.30. The van der Waals surface area contributed by atoms with E-state index in [1.165, 1.54) is 30.3 Å². The second-order valence-electron chi connectivity index (χ2n) is 4.74. The summed E-state index contributed by atoms with van der Waals surface area (Å²) >= 11 is 5.51.